The predicted octanol–water partition coefficient (Wildman–Crippen LogP) is 1.19. The molecule has 0 saturated carbocycles. The van der Waals surface area contributed by atoms with Gasteiger partial charge in [-0.05, 0) is 0 Å². The minimum atomic E-state index is -0.289. The molecule has 0 bridgehead atoms. The SMILES string of the molecule is CO[C@@H]1COC[C@@H]1NC(=O)NCc1nc(C(C)(C)C)co1. The van der Waals surface area contributed by atoms with E-state index in [2.05, 4.69) is 36.4 Å². The van der Waals surface area contributed by atoms with Gasteiger partial charge in [-0.3, -0.25) is 0 Å². The average Bonchev–Trinajstić information content (AvgIpc) is 3.04. The van der Waals surface area contributed by atoms with E-state index >= 15 is 0 Å². The summed E-state index contributed by atoms with van der Waals surface area (Å²) >= 11 is 0. The Labute approximate surface area is 124 Å². The molecule has 1 aliphatic rings. The number of oxazole rings is 1. The molecule has 7 nitrogen and oxygen atoms in total. The number of nitrogens with one attached hydrogen (secondary N) is 2. The van der Waals surface area contributed by atoms with Crippen molar-refractivity contribution in [2.24, 2.45) is 0 Å². The zero-order valence-corrected chi connectivity index (χ0v) is 12.9. The molecule has 1 aromatic heterocycles. The third kappa shape index (κ3) is 4.18. The van der Waals surface area contributed by atoms with Gasteiger partial charge in [-0.1, -0.05) is 20.8 Å². The quantitative estimate of drug-likeness (QED) is 0.872. The monoisotopic (exact) mass is 297 g/mol. The highest BCUT2D eigenvalue weighted by Gasteiger charge is 2.29. The maximum Gasteiger partial charge on any atom is 0.315 e. The van der Waals surface area contributed by atoms with Crippen molar-refractivity contribution in [2.45, 2.75) is 44.9 Å². The molecule has 1 saturated heterocycles. The summed E-state index contributed by atoms with van der Waals surface area (Å²) in [7, 11) is 1.60. The average molecular weight is 297 g/mol. The van der Waals surface area contributed by atoms with Crippen LogP contribution in [0.25, 0.3) is 0 Å². The third-order valence-electron chi connectivity index (χ3n) is 3.37. The van der Waals surface area contributed by atoms with Crippen LogP contribution < -0.4 is 10.6 Å². The number of amides is 2. The highest BCUT2D eigenvalue weighted by atomic mass is 16.5. The fraction of sp³-hybridized carbons (Fsp3) is 0.714. The number of nitrogens with zero attached hydrogens (tertiary/aromatic N) is 1. The lowest BCUT2D eigenvalue weighted by Gasteiger charge is -2.17. The second-order valence-corrected chi connectivity index (χ2v) is 6.12. The summed E-state index contributed by atoms with van der Waals surface area (Å²) in [6, 6.07) is -0.423. The number of rotatable bonds is 4. The largest absolute Gasteiger partial charge is 0.447 e. The number of methoxy groups -OCH3 is 1. The minimum Gasteiger partial charge on any atom is -0.447 e. The summed E-state index contributed by atoms with van der Waals surface area (Å²) < 4.78 is 15.8. The van der Waals surface area contributed by atoms with Gasteiger partial charge in [0, 0.05) is 12.5 Å². The zero-order chi connectivity index (χ0) is 15.5. The van der Waals surface area contributed by atoms with Crippen LogP contribution in [0.3, 0.4) is 0 Å². The van der Waals surface area contributed by atoms with Crippen LogP contribution in [0.2, 0.25) is 0 Å². The molecule has 2 atom stereocenters. The molecular formula is C14H23N3O4. The summed E-state index contributed by atoms with van der Waals surface area (Å²) in [6.07, 6.45) is 1.52. The lowest BCUT2D eigenvalue weighted by Crippen LogP contribution is -2.47. The number of ether oxygens (including phenoxy) is 2. The second-order valence-electron chi connectivity index (χ2n) is 6.12. The number of urea groups is 1. The Balaban J connectivity index is 1.80. The predicted molar refractivity (Wildman–Crippen MR) is 76.0 cm³/mol. The van der Waals surface area contributed by atoms with Crippen molar-refractivity contribution >= 4 is 6.03 Å². The van der Waals surface area contributed by atoms with Gasteiger partial charge in [-0.25, -0.2) is 9.78 Å². The second kappa shape index (κ2) is 6.44. The smallest absolute Gasteiger partial charge is 0.315 e. The van der Waals surface area contributed by atoms with E-state index in [1.54, 1.807) is 13.4 Å². The van der Waals surface area contributed by atoms with Crippen molar-refractivity contribution in [1.82, 2.24) is 15.6 Å². The van der Waals surface area contributed by atoms with Crippen LogP contribution >= 0.6 is 0 Å². The molecule has 2 rings (SSSR count). The first kappa shape index (κ1) is 15.8. The van der Waals surface area contributed by atoms with Crippen molar-refractivity contribution in [3.05, 3.63) is 17.8 Å². The van der Waals surface area contributed by atoms with Crippen molar-refractivity contribution in [1.29, 1.82) is 0 Å². The van der Waals surface area contributed by atoms with Gasteiger partial charge in [-0.15, -0.1) is 0 Å². The highest BCUT2D eigenvalue weighted by molar-refractivity contribution is 5.74. The third-order valence-corrected chi connectivity index (χ3v) is 3.37. The summed E-state index contributed by atoms with van der Waals surface area (Å²) in [5.74, 6) is 0.487. The van der Waals surface area contributed by atoms with E-state index in [1.807, 2.05) is 0 Å². The first-order valence-corrected chi connectivity index (χ1v) is 7.00. The van der Waals surface area contributed by atoms with Crippen LogP contribution in [-0.2, 0) is 21.4 Å². The molecule has 21 heavy (non-hydrogen) atoms. The molecule has 0 aliphatic carbocycles. The summed E-state index contributed by atoms with van der Waals surface area (Å²) in [5.41, 5.74) is 0.792. The van der Waals surface area contributed by atoms with Gasteiger partial charge >= 0.3 is 6.03 Å². The van der Waals surface area contributed by atoms with Gasteiger partial charge in [0.15, 0.2) is 0 Å². The van der Waals surface area contributed by atoms with Crippen molar-refractivity contribution in [2.75, 3.05) is 20.3 Å². The topological polar surface area (TPSA) is 85.6 Å². The van der Waals surface area contributed by atoms with E-state index in [9.17, 15) is 4.79 Å². The van der Waals surface area contributed by atoms with Gasteiger partial charge < -0.3 is 24.5 Å². The van der Waals surface area contributed by atoms with E-state index in [0.29, 0.717) is 19.1 Å². The normalized spacial score (nSPS) is 22.3. The molecule has 1 aliphatic heterocycles. The summed E-state index contributed by atoms with van der Waals surface area (Å²) in [5, 5.41) is 5.54. The number of aromatic nitrogens is 1. The lowest BCUT2D eigenvalue weighted by atomic mass is 9.93. The molecule has 0 spiro atoms. The first-order chi connectivity index (χ1) is 9.90. The van der Waals surface area contributed by atoms with Crippen LogP contribution in [-0.4, -0.2) is 43.5 Å². The Morgan fingerprint density at radius 3 is 2.86 bits per heavy atom. The van der Waals surface area contributed by atoms with Crippen LogP contribution in [0, 0.1) is 0 Å². The fourth-order valence-electron chi connectivity index (χ4n) is 2.01. The summed E-state index contributed by atoms with van der Waals surface area (Å²) in [6.45, 7) is 7.36. The molecule has 0 unspecified atom stereocenters. The molecule has 7 heteroatoms. The zero-order valence-electron chi connectivity index (χ0n) is 12.9. The summed E-state index contributed by atoms with van der Waals surface area (Å²) in [4.78, 5) is 16.2. The maximum atomic E-state index is 11.8. The van der Waals surface area contributed by atoms with E-state index in [0.717, 1.165) is 5.69 Å². The maximum absolute atomic E-state index is 11.8. The number of carbonyl (C=O) groups is 1. The van der Waals surface area contributed by atoms with Gasteiger partial charge in [0.1, 0.15) is 12.4 Å². The van der Waals surface area contributed by atoms with Crippen LogP contribution in [0.15, 0.2) is 10.7 Å². The molecule has 1 aromatic rings. The molecule has 2 N–H and O–H groups in total. The Hall–Kier alpha value is -1.60. The molecular weight excluding hydrogens is 274 g/mol. The van der Waals surface area contributed by atoms with Crippen molar-refractivity contribution in [3.63, 3.8) is 0 Å². The van der Waals surface area contributed by atoms with Crippen molar-refractivity contribution in [3.8, 4) is 0 Å². The Bertz CT molecular complexity index is 481. The van der Waals surface area contributed by atoms with Gasteiger partial charge in [0.25, 0.3) is 0 Å². The van der Waals surface area contributed by atoms with Gasteiger partial charge in [0.05, 0.1) is 31.5 Å². The standard InChI is InChI=1S/C14H23N3O4/c1-14(2,3)11-8-21-12(17-11)5-15-13(18)16-9-6-20-7-10(9)19-4/h8-10H,5-7H2,1-4H3,(H2,15,16,18)/t9-,10+/m0/s1. The molecule has 2 heterocycles. The first-order valence-electron chi connectivity index (χ1n) is 7.00. The van der Waals surface area contributed by atoms with Crippen LogP contribution in [0.1, 0.15) is 32.4 Å². The molecule has 2 amide bonds. The molecule has 0 radical (unpaired) electrons. The van der Waals surface area contributed by atoms with Gasteiger partial charge in [-0.2, -0.15) is 0 Å². The van der Waals surface area contributed by atoms with E-state index in [-0.39, 0.29) is 30.1 Å². The Morgan fingerprint density at radius 2 is 2.24 bits per heavy atom. The Morgan fingerprint density at radius 1 is 1.48 bits per heavy atom. The highest BCUT2D eigenvalue weighted by Crippen LogP contribution is 2.20. The van der Waals surface area contributed by atoms with E-state index < -0.39 is 0 Å². The minimum absolute atomic E-state index is 0.0725. The van der Waals surface area contributed by atoms with Crippen molar-refractivity contribution < 1.29 is 18.7 Å². The molecule has 1 fully saturated rings. The van der Waals surface area contributed by atoms with Crippen LogP contribution in [0.5, 0.6) is 0 Å². The fourth-order valence-corrected chi connectivity index (χ4v) is 2.01. The molecule has 118 valence electrons. The van der Waals surface area contributed by atoms with E-state index in [4.69, 9.17) is 13.9 Å². The van der Waals surface area contributed by atoms with Crippen LogP contribution in [0.4, 0.5) is 4.79 Å². The van der Waals surface area contributed by atoms with Gasteiger partial charge in [0.2, 0.25) is 5.89 Å². The lowest BCUT2D eigenvalue weighted by molar-refractivity contribution is 0.0745. The Kier molecular flexibility index (Phi) is 4.84. The number of carbonyl (C=O) groups excluding carboxylic acids is 1. The molecule has 0 aromatic carbocycles. The van der Waals surface area contributed by atoms with E-state index in [1.165, 1.54) is 0 Å². The number of hydrogen-bond donors (Lipinski definition) is 2. The number of hydrogen-bond acceptors (Lipinski definition) is 5.